The number of fused-ring (bicyclic) bond motifs is 2. The third-order valence-corrected chi connectivity index (χ3v) is 6.53. The first-order chi connectivity index (χ1) is 11.4. The van der Waals surface area contributed by atoms with E-state index in [0.717, 1.165) is 14.9 Å². The molecule has 1 amide bonds. The van der Waals surface area contributed by atoms with Crippen molar-refractivity contribution in [2.75, 3.05) is 0 Å². The second-order valence-corrected chi connectivity index (χ2v) is 8.79. The zero-order chi connectivity index (χ0) is 16.9. The Morgan fingerprint density at radius 1 is 1.25 bits per heavy atom. The molecule has 0 saturated heterocycles. The van der Waals surface area contributed by atoms with Crippen LogP contribution >= 0.6 is 27.7 Å². The molecule has 0 bridgehead atoms. The lowest BCUT2D eigenvalue weighted by Crippen LogP contribution is -2.45. The molecule has 2 aliphatic heterocycles. The number of carbonyl (C=O) groups is 1. The molecule has 2 aromatic rings. The van der Waals surface area contributed by atoms with Gasteiger partial charge in [0, 0.05) is 26.1 Å². The van der Waals surface area contributed by atoms with Crippen molar-refractivity contribution >= 4 is 39.6 Å². The zero-order valence-electron chi connectivity index (χ0n) is 13.0. The number of hydrogen-bond donors (Lipinski definition) is 2. The Morgan fingerprint density at radius 2 is 2.00 bits per heavy atom. The number of carbonyl (C=O) groups excluding carboxylic acids is 1. The molecule has 0 saturated carbocycles. The molecule has 0 aromatic heterocycles. The first-order valence-corrected chi connectivity index (χ1v) is 9.25. The molecule has 2 atom stereocenters. The standard InChI is InChI=1S/C18H16BrN3OS/c1-17(11-5-3-2-4-6-11)10-18(15(23)21-16(20)22-18)13-9-12(19)7-8-14(13)24-17/h2-9H,10H2,1H3,(H3,20,21,22,23). The van der Waals surface area contributed by atoms with Crippen LogP contribution in [0, 0.1) is 0 Å². The lowest BCUT2D eigenvalue weighted by atomic mass is 9.78. The van der Waals surface area contributed by atoms with E-state index in [-0.39, 0.29) is 16.6 Å². The summed E-state index contributed by atoms with van der Waals surface area (Å²) >= 11 is 5.28. The highest BCUT2D eigenvalue weighted by molar-refractivity contribution is 9.10. The molecule has 1 spiro atoms. The summed E-state index contributed by atoms with van der Waals surface area (Å²) in [5.41, 5.74) is 6.97. The van der Waals surface area contributed by atoms with E-state index in [9.17, 15) is 4.79 Å². The first kappa shape index (κ1) is 15.7. The molecule has 6 heteroatoms. The molecular formula is C18H16BrN3OS. The van der Waals surface area contributed by atoms with Crippen molar-refractivity contribution in [3.8, 4) is 0 Å². The molecule has 122 valence electrons. The van der Waals surface area contributed by atoms with Gasteiger partial charge in [0.15, 0.2) is 11.5 Å². The fourth-order valence-electron chi connectivity index (χ4n) is 3.53. The monoisotopic (exact) mass is 401 g/mol. The van der Waals surface area contributed by atoms with Crippen LogP contribution in [-0.4, -0.2) is 11.9 Å². The van der Waals surface area contributed by atoms with Crippen molar-refractivity contribution in [1.82, 2.24) is 5.32 Å². The second kappa shape index (κ2) is 5.36. The number of rotatable bonds is 1. The number of halogens is 1. The summed E-state index contributed by atoms with van der Waals surface area (Å²) in [4.78, 5) is 18.4. The van der Waals surface area contributed by atoms with Gasteiger partial charge in [-0.25, -0.2) is 4.99 Å². The number of guanidine groups is 1. The minimum Gasteiger partial charge on any atom is -0.370 e. The number of nitrogens with zero attached hydrogens (tertiary/aromatic N) is 1. The van der Waals surface area contributed by atoms with Gasteiger partial charge in [-0.15, -0.1) is 11.8 Å². The highest BCUT2D eigenvalue weighted by atomic mass is 79.9. The van der Waals surface area contributed by atoms with Gasteiger partial charge in [-0.1, -0.05) is 46.3 Å². The van der Waals surface area contributed by atoms with Crippen LogP contribution in [0.2, 0.25) is 0 Å². The van der Waals surface area contributed by atoms with E-state index in [1.807, 2.05) is 36.4 Å². The number of nitrogens with two attached hydrogens (primary N) is 1. The van der Waals surface area contributed by atoms with Crippen LogP contribution in [0.4, 0.5) is 0 Å². The Bertz CT molecular complexity index is 870. The average molecular weight is 402 g/mol. The molecule has 0 fully saturated rings. The van der Waals surface area contributed by atoms with Gasteiger partial charge in [0.05, 0.1) is 0 Å². The normalized spacial score (nSPS) is 28.4. The molecule has 4 rings (SSSR count). The van der Waals surface area contributed by atoms with Gasteiger partial charge in [-0.2, -0.15) is 0 Å². The van der Waals surface area contributed by atoms with Gasteiger partial charge >= 0.3 is 0 Å². The zero-order valence-corrected chi connectivity index (χ0v) is 15.4. The average Bonchev–Trinajstić information content (AvgIpc) is 2.83. The number of hydrogen-bond acceptors (Lipinski definition) is 4. The molecule has 2 heterocycles. The van der Waals surface area contributed by atoms with Crippen molar-refractivity contribution in [2.45, 2.75) is 28.5 Å². The number of aliphatic imine (C=N–C) groups is 1. The third-order valence-electron chi connectivity index (χ3n) is 4.63. The van der Waals surface area contributed by atoms with E-state index in [0.29, 0.717) is 6.42 Å². The largest absolute Gasteiger partial charge is 0.370 e. The van der Waals surface area contributed by atoms with Gasteiger partial charge in [0.2, 0.25) is 0 Å². The van der Waals surface area contributed by atoms with Gasteiger partial charge in [0.1, 0.15) is 0 Å². The smallest absolute Gasteiger partial charge is 0.259 e. The number of thioether (sulfide) groups is 1. The summed E-state index contributed by atoms with van der Waals surface area (Å²) in [5, 5.41) is 2.69. The van der Waals surface area contributed by atoms with E-state index in [1.165, 1.54) is 5.56 Å². The van der Waals surface area contributed by atoms with Crippen molar-refractivity contribution in [3.63, 3.8) is 0 Å². The third kappa shape index (κ3) is 2.28. The SMILES string of the molecule is CC1(c2ccccc2)CC2(N=C(N)NC2=O)c2cc(Br)ccc2S1. The Labute approximate surface area is 153 Å². The van der Waals surface area contributed by atoms with Crippen LogP contribution in [0.5, 0.6) is 0 Å². The van der Waals surface area contributed by atoms with Crippen LogP contribution in [0.3, 0.4) is 0 Å². The Hall–Kier alpha value is -1.79. The maximum Gasteiger partial charge on any atom is 0.259 e. The highest BCUT2D eigenvalue weighted by Gasteiger charge is 2.54. The van der Waals surface area contributed by atoms with E-state index in [4.69, 9.17) is 5.73 Å². The molecule has 2 aliphatic rings. The fraction of sp³-hybridized carbons (Fsp3) is 0.222. The van der Waals surface area contributed by atoms with Crippen molar-refractivity contribution < 1.29 is 4.79 Å². The fourth-order valence-corrected chi connectivity index (χ4v) is 5.39. The maximum atomic E-state index is 12.8. The molecule has 24 heavy (non-hydrogen) atoms. The summed E-state index contributed by atoms with van der Waals surface area (Å²) in [6, 6.07) is 16.3. The van der Waals surface area contributed by atoms with Crippen LogP contribution in [0.1, 0.15) is 24.5 Å². The number of nitrogens with one attached hydrogen (secondary N) is 1. The summed E-state index contributed by atoms with van der Waals surface area (Å²) in [6.07, 6.45) is 0.560. The van der Waals surface area contributed by atoms with E-state index < -0.39 is 5.54 Å². The van der Waals surface area contributed by atoms with Crippen LogP contribution in [0.25, 0.3) is 0 Å². The molecular weight excluding hydrogens is 386 g/mol. The Balaban J connectivity index is 1.94. The van der Waals surface area contributed by atoms with Gasteiger partial charge in [-0.3, -0.25) is 10.1 Å². The highest BCUT2D eigenvalue weighted by Crippen LogP contribution is 2.57. The topological polar surface area (TPSA) is 67.5 Å². The minimum atomic E-state index is -0.973. The Kier molecular flexibility index (Phi) is 3.51. The van der Waals surface area contributed by atoms with Crippen LogP contribution in [-0.2, 0) is 15.1 Å². The summed E-state index contributed by atoms with van der Waals surface area (Å²) < 4.78 is 0.658. The predicted octanol–water partition coefficient (Wildman–Crippen LogP) is 3.50. The lowest BCUT2D eigenvalue weighted by molar-refractivity contribution is -0.124. The van der Waals surface area contributed by atoms with Gasteiger partial charge in [-0.05, 0) is 30.7 Å². The van der Waals surface area contributed by atoms with Crippen molar-refractivity contribution in [2.24, 2.45) is 10.7 Å². The Morgan fingerprint density at radius 3 is 2.67 bits per heavy atom. The minimum absolute atomic E-state index is 0.151. The van der Waals surface area contributed by atoms with Crippen LogP contribution < -0.4 is 11.1 Å². The molecule has 3 N–H and O–H groups in total. The first-order valence-electron chi connectivity index (χ1n) is 7.64. The summed E-state index contributed by atoms with van der Waals surface area (Å²) in [6.45, 7) is 2.16. The molecule has 2 unspecified atom stereocenters. The molecule has 0 radical (unpaired) electrons. The molecule has 0 aliphatic carbocycles. The van der Waals surface area contributed by atoms with Gasteiger partial charge in [0.25, 0.3) is 5.91 Å². The van der Waals surface area contributed by atoms with E-state index in [2.05, 4.69) is 45.3 Å². The summed E-state index contributed by atoms with van der Waals surface area (Å²) in [5.74, 6) is 0.0371. The van der Waals surface area contributed by atoms with E-state index in [1.54, 1.807) is 11.8 Å². The predicted molar refractivity (Wildman–Crippen MR) is 99.9 cm³/mol. The molecule has 2 aromatic carbocycles. The van der Waals surface area contributed by atoms with E-state index >= 15 is 0 Å². The van der Waals surface area contributed by atoms with Crippen molar-refractivity contribution in [3.05, 3.63) is 64.1 Å². The quantitative estimate of drug-likeness (QED) is 0.767. The maximum absolute atomic E-state index is 12.8. The van der Waals surface area contributed by atoms with Crippen LogP contribution in [0.15, 0.2) is 62.9 Å². The van der Waals surface area contributed by atoms with Crippen molar-refractivity contribution in [1.29, 1.82) is 0 Å². The number of benzene rings is 2. The second-order valence-electron chi connectivity index (χ2n) is 6.33. The lowest BCUT2D eigenvalue weighted by Gasteiger charge is -2.42. The summed E-state index contributed by atoms with van der Waals surface area (Å²) in [7, 11) is 0. The molecule has 4 nitrogen and oxygen atoms in total. The number of amides is 1. The van der Waals surface area contributed by atoms with Gasteiger partial charge < -0.3 is 5.73 Å².